The number of hydrogen-bond donors (Lipinski definition) is 0. The van der Waals surface area contributed by atoms with Crippen molar-refractivity contribution in [3.05, 3.63) is 78.4 Å². The van der Waals surface area contributed by atoms with Gasteiger partial charge in [-0.3, -0.25) is 0 Å². The standard InChI is InChI=1S/C19H18O2/c1-2-20-19(16-9-4-3-5-10-16)21-18-13-12-15-8-6-7-11-17(15)14-18/h3-14,19H,2H2,1H3. The molecule has 0 aliphatic rings. The summed E-state index contributed by atoms with van der Waals surface area (Å²) in [7, 11) is 0. The molecule has 0 saturated carbocycles. The lowest BCUT2D eigenvalue weighted by Gasteiger charge is -2.19. The summed E-state index contributed by atoms with van der Waals surface area (Å²) in [5.74, 6) is 0.816. The van der Waals surface area contributed by atoms with E-state index >= 15 is 0 Å². The van der Waals surface area contributed by atoms with Gasteiger partial charge in [0.1, 0.15) is 5.75 Å². The second-order valence-corrected chi connectivity index (χ2v) is 4.82. The first-order valence-electron chi connectivity index (χ1n) is 7.19. The van der Waals surface area contributed by atoms with Crippen LogP contribution in [0.15, 0.2) is 72.8 Å². The molecule has 0 heterocycles. The molecular formula is C19H18O2. The fourth-order valence-corrected chi connectivity index (χ4v) is 2.32. The summed E-state index contributed by atoms with van der Waals surface area (Å²) in [6.07, 6.45) is -0.377. The summed E-state index contributed by atoms with van der Waals surface area (Å²) in [4.78, 5) is 0. The maximum atomic E-state index is 6.03. The van der Waals surface area contributed by atoms with Gasteiger partial charge in [0.25, 0.3) is 0 Å². The van der Waals surface area contributed by atoms with E-state index in [9.17, 15) is 0 Å². The van der Waals surface area contributed by atoms with Gasteiger partial charge in [0.2, 0.25) is 6.29 Å². The molecule has 3 aromatic carbocycles. The lowest BCUT2D eigenvalue weighted by Crippen LogP contribution is -2.11. The van der Waals surface area contributed by atoms with Crippen LogP contribution in [-0.2, 0) is 4.74 Å². The number of benzene rings is 3. The molecule has 0 amide bonds. The van der Waals surface area contributed by atoms with Crippen LogP contribution in [0, 0.1) is 0 Å². The van der Waals surface area contributed by atoms with Gasteiger partial charge in [-0.2, -0.15) is 0 Å². The Morgan fingerprint density at radius 1 is 0.810 bits per heavy atom. The Kier molecular flexibility index (Phi) is 4.17. The Balaban J connectivity index is 1.87. The number of fused-ring (bicyclic) bond motifs is 1. The maximum Gasteiger partial charge on any atom is 0.226 e. The van der Waals surface area contributed by atoms with Crippen molar-refractivity contribution in [3.8, 4) is 5.75 Å². The Labute approximate surface area is 124 Å². The first-order valence-corrected chi connectivity index (χ1v) is 7.19. The van der Waals surface area contributed by atoms with E-state index in [0.717, 1.165) is 11.3 Å². The SMILES string of the molecule is CCOC(Oc1ccc2ccccc2c1)c1ccccc1. The molecule has 0 bridgehead atoms. The molecule has 3 aromatic rings. The van der Waals surface area contributed by atoms with Crippen LogP contribution in [0.3, 0.4) is 0 Å². The van der Waals surface area contributed by atoms with E-state index in [-0.39, 0.29) is 6.29 Å². The molecule has 2 nitrogen and oxygen atoms in total. The van der Waals surface area contributed by atoms with Crippen LogP contribution in [0.4, 0.5) is 0 Å². The van der Waals surface area contributed by atoms with Gasteiger partial charge in [-0.25, -0.2) is 0 Å². The number of rotatable bonds is 5. The molecule has 0 radical (unpaired) electrons. The van der Waals surface area contributed by atoms with Crippen LogP contribution >= 0.6 is 0 Å². The fourth-order valence-electron chi connectivity index (χ4n) is 2.32. The second kappa shape index (κ2) is 6.42. The minimum absolute atomic E-state index is 0.377. The first kappa shape index (κ1) is 13.7. The highest BCUT2D eigenvalue weighted by Crippen LogP contribution is 2.26. The number of hydrogen-bond acceptors (Lipinski definition) is 2. The summed E-state index contributed by atoms with van der Waals surface area (Å²) >= 11 is 0. The average Bonchev–Trinajstić information content (AvgIpc) is 2.55. The summed E-state index contributed by atoms with van der Waals surface area (Å²) in [5.41, 5.74) is 1.02. The zero-order valence-corrected chi connectivity index (χ0v) is 12.0. The van der Waals surface area contributed by atoms with Gasteiger partial charge in [-0.1, -0.05) is 60.7 Å². The predicted octanol–water partition coefficient (Wildman–Crippen LogP) is 4.95. The molecule has 0 saturated heterocycles. The van der Waals surface area contributed by atoms with Crippen LogP contribution < -0.4 is 4.74 Å². The van der Waals surface area contributed by atoms with Gasteiger partial charge in [0.15, 0.2) is 0 Å². The van der Waals surface area contributed by atoms with E-state index in [4.69, 9.17) is 9.47 Å². The summed E-state index contributed by atoms with van der Waals surface area (Å²) in [6.45, 7) is 2.58. The van der Waals surface area contributed by atoms with Crippen LogP contribution in [0.2, 0.25) is 0 Å². The molecule has 1 atom stereocenters. The Morgan fingerprint density at radius 2 is 1.52 bits per heavy atom. The van der Waals surface area contributed by atoms with Gasteiger partial charge in [0.05, 0.1) is 0 Å². The highest BCUT2D eigenvalue weighted by molar-refractivity contribution is 5.83. The van der Waals surface area contributed by atoms with Crippen LogP contribution in [-0.4, -0.2) is 6.61 Å². The summed E-state index contributed by atoms with van der Waals surface area (Å²) in [5, 5.41) is 2.37. The molecule has 3 rings (SSSR count). The van der Waals surface area contributed by atoms with E-state index < -0.39 is 0 Å². The van der Waals surface area contributed by atoms with Crippen molar-refractivity contribution in [2.45, 2.75) is 13.2 Å². The zero-order valence-electron chi connectivity index (χ0n) is 12.0. The predicted molar refractivity (Wildman–Crippen MR) is 85.4 cm³/mol. The highest BCUT2D eigenvalue weighted by atomic mass is 16.7. The van der Waals surface area contributed by atoms with E-state index in [1.165, 1.54) is 10.8 Å². The van der Waals surface area contributed by atoms with Gasteiger partial charge in [-0.15, -0.1) is 0 Å². The summed E-state index contributed by atoms with van der Waals surface area (Å²) in [6, 6.07) is 24.3. The van der Waals surface area contributed by atoms with Gasteiger partial charge >= 0.3 is 0 Å². The van der Waals surface area contributed by atoms with Crippen molar-refractivity contribution >= 4 is 10.8 Å². The Bertz CT molecular complexity index is 707. The van der Waals surface area contributed by atoms with Gasteiger partial charge < -0.3 is 9.47 Å². The Morgan fingerprint density at radius 3 is 2.29 bits per heavy atom. The third-order valence-electron chi connectivity index (χ3n) is 3.35. The monoisotopic (exact) mass is 278 g/mol. The molecule has 0 N–H and O–H groups in total. The van der Waals surface area contributed by atoms with E-state index in [1.807, 2.05) is 61.5 Å². The van der Waals surface area contributed by atoms with E-state index in [0.29, 0.717) is 6.61 Å². The highest BCUT2D eigenvalue weighted by Gasteiger charge is 2.13. The molecule has 1 unspecified atom stereocenters. The molecule has 0 aliphatic heterocycles. The minimum atomic E-state index is -0.377. The van der Waals surface area contributed by atoms with Crippen LogP contribution in [0.1, 0.15) is 18.8 Å². The number of ether oxygens (including phenoxy) is 2. The molecule has 21 heavy (non-hydrogen) atoms. The third kappa shape index (κ3) is 3.23. The summed E-state index contributed by atoms with van der Waals surface area (Å²) < 4.78 is 11.7. The second-order valence-electron chi connectivity index (χ2n) is 4.82. The molecular weight excluding hydrogens is 260 g/mol. The lowest BCUT2D eigenvalue weighted by atomic mass is 10.1. The third-order valence-corrected chi connectivity index (χ3v) is 3.35. The van der Waals surface area contributed by atoms with Gasteiger partial charge in [-0.05, 0) is 29.8 Å². The quantitative estimate of drug-likeness (QED) is 0.614. The smallest absolute Gasteiger partial charge is 0.226 e. The topological polar surface area (TPSA) is 18.5 Å². The molecule has 0 aliphatic carbocycles. The first-order chi connectivity index (χ1) is 10.4. The van der Waals surface area contributed by atoms with Crippen molar-refractivity contribution in [2.75, 3.05) is 6.61 Å². The lowest BCUT2D eigenvalue weighted by molar-refractivity contribution is -0.0785. The molecule has 2 heteroatoms. The Hall–Kier alpha value is -2.32. The largest absolute Gasteiger partial charge is 0.461 e. The van der Waals surface area contributed by atoms with Crippen molar-refractivity contribution in [2.24, 2.45) is 0 Å². The zero-order chi connectivity index (χ0) is 14.5. The normalized spacial score (nSPS) is 12.2. The van der Waals surface area contributed by atoms with Crippen molar-refractivity contribution in [3.63, 3.8) is 0 Å². The molecule has 0 spiro atoms. The minimum Gasteiger partial charge on any atom is -0.461 e. The maximum absolute atomic E-state index is 6.03. The van der Waals surface area contributed by atoms with Crippen LogP contribution in [0.5, 0.6) is 5.75 Å². The molecule has 0 aromatic heterocycles. The molecule has 106 valence electrons. The van der Waals surface area contributed by atoms with Gasteiger partial charge in [0, 0.05) is 12.2 Å². The van der Waals surface area contributed by atoms with E-state index in [1.54, 1.807) is 0 Å². The van der Waals surface area contributed by atoms with Crippen molar-refractivity contribution < 1.29 is 9.47 Å². The van der Waals surface area contributed by atoms with Crippen LogP contribution in [0.25, 0.3) is 10.8 Å². The van der Waals surface area contributed by atoms with Crippen molar-refractivity contribution in [1.82, 2.24) is 0 Å². The fraction of sp³-hybridized carbons (Fsp3) is 0.158. The van der Waals surface area contributed by atoms with Crippen molar-refractivity contribution in [1.29, 1.82) is 0 Å². The average molecular weight is 278 g/mol. The molecule has 0 fully saturated rings. The van der Waals surface area contributed by atoms with E-state index in [2.05, 4.69) is 18.2 Å².